The molecule has 1 fully saturated rings. The number of anilines is 3. The Kier molecular flexibility index (Phi) is 46.3. The van der Waals surface area contributed by atoms with E-state index >= 15 is 0 Å². The third-order valence-corrected chi connectivity index (χ3v) is 21.0. The number of aliphatic hydroxyl groups is 10. The highest BCUT2D eigenvalue weighted by atomic mass is 32.1. The number of fused-ring (bicyclic) bond motifs is 1. The Bertz CT molecular complexity index is 4030. The number of para-hydroxylation sites is 2. The second kappa shape index (κ2) is 54.2. The lowest BCUT2D eigenvalue weighted by molar-refractivity contribution is -0.143. The van der Waals surface area contributed by atoms with E-state index in [0.29, 0.717) is 31.4 Å². The summed E-state index contributed by atoms with van der Waals surface area (Å²) in [6, 6.07) is -1.75. The van der Waals surface area contributed by atoms with Crippen LogP contribution in [-0.2, 0) is 71.9 Å². The largest absolute Gasteiger partial charge is 0.481 e. The molecule has 126 heavy (non-hydrogen) atoms. The number of benzene rings is 2. The number of unbranched alkanes of at least 4 members (excludes halogenated alkanes) is 4. The molecule has 0 aromatic heterocycles. The van der Waals surface area contributed by atoms with Gasteiger partial charge in [-0.3, -0.25) is 71.9 Å². The van der Waals surface area contributed by atoms with E-state index in [1.165, 1.54) is 17.0 Å². The summed E-state index contributed by atoms with van der Waals surface area (Å²) in [4.78, 5) is 230. The number of carboxylic acids is 4. The molecule has 13 amide bonds. The van der Waals surface area contributed by atoms with Crippen molar-refractivity contribution in [2.75, 3.05) is 73.4 Å². The molecule has 0 radical (unpaired) electrons. The van der Waals surface area contributed by atoms with Crippen LogP contribution in [-0.4, -0.2) is 334 Å². The predicted octanol–water partition coefficient (Wildman–Crippen LogP) is -6.72. The Morgan fingerprint density at radius 3 is 1.46 bits per heavy atom. The van der Waals surface area contributed by atoms with Gasteiger partial charge in [0.05, 0.1) is 49.8 Å². The number of ketones is 1. The number of hydrogen-bond donors (Lipinski definition) is 28. The van der Waals surface area contributed by atoms with Crippen molar-refractivity contribution in [3.63, 3.8) is 0 Å². The van der Waals surface area contributed by atoms with E-state index in [1.807, 2.05) is 22.8 Å². The van der Waals surface area contributed by atoms with Crippen LogP contribution in [0.2, 0.25) is 0 Å². The summed E-state index contributed by atoms with van der Waals surface area (Å²) in [7, 11) is 0. The van der Waals surface area contributed by atoms with Crippen LogP contribution in [0.15, 0.2) is 48.5 Å². The van der Waals surface area contributed by atoms with E-state index in [9.17, 15) is 148 Å². The first-order chi connectivity index (χ1) is 59.4. The number of carbonyl (C=O) groups is 17. The average Bonchev–Trinajstić information content (AvgIpc) is 1.62. The van der Waals surface area contributed by atoms with E-state index in [1.54, 1.807) is 45.0 Å². The smallest absolute Gasteiger partial charge is 0.327 e. The van der Waals surface area contributed by atoms with E-state index in [0.717, 1.165) is 37.8 Å². The van der Waals surface area contributed by atoms with E-state index in [-0.39, 0.29) is 55.6 Å². The van der Waals surface area contributed by atoms with Crippen molar-refractivity contribution < 1.29 is 153 Å². The van der Waals surface area contributed by atoms with Gasteiger partial charge in [-0.2, -0.15) is 12.6 Å². The monoisotopic (exact) mass is 1810 g/mol. The van der Waals surface area contributed by atoms with Crippen LogP contribution in [0.25, 0.3) is 0 Å². The van der Waals surface area contributed by atoms with E-state index < -0.39 is 294 Å². The molecule has 0 bridgehead atoms. The molecule has 46 nitrogen and oxygen atoms in total. The number of carboxylic acid groups (broad SMARTS) is 4. The zero-order valence-electron chi connectivity index (χ0n) is 70.1. The van der Waals surface area contributed by atoms with Gasteiger partial charge in [0, 0.05) is 93.3 Å². The minimum atomic E-state index is -2.18. The maximum absolute atomic E-state index is 14.6. The molecule has 4 rings (SSSR count). The summed E-state index contributed by atoms with van der Waals surface area (Å²) >= 11 is 3.81. The molecule has 2 aromatic carbocycles. The van der Waals surface area contributed by atoms with Gasteiger partial charge in [-0.05, 0) is 81.7 Å². The van der Waals surface area contributed by atoms with Crippen LogP contribution < -0.4 is 79.3 Å². The average molecular weight is 1810 g/mol. The number of hydrogen-bond acceptors (Lipinski definition) is 30. The molecule has 2 aliphatic rings. The van der Waals surface area contributed by atoms with Crippen LogP contribution >= 0.6 is 12.6 Å². The molecule has 1 aliphatic carbocycles. The standard InChI is InChI=1S/C79H121N15O31S/c1-79(2,3)58(101)37-94-53-20-12-11-19-52(53)93(43-17-8-7-9-18-43)36-50(76(94)122)92-78(125)85-42-16-14-15-41(31-42)69(115)81-30-13-6-4-5-10-21-61(104)86-46(24-28-62(105)106)72(118)88-47(23-27-60(103)83-35-55(98)66(112)68(114)57(100)39-96)73(119)89-48(25-29-63(107)108)74(120)87-45(22-26-59(102)82-34-54(97)65(111)67(113)56(99)38-95)71(117)84-33-44(80)70(116)90-49(32-64(109)110)75(121)91-51(40-126)77(123)124/h11-12,14-16,19-20,31,43-51,54-57,65-68,95-100,111-114,126H,4-10,13,17-18,21-30,32-40,80H2,1-3H3,(H,81,115)(H,82,102)(H,83,103)(H,84,117)(H,86,104)(H,87,120)(H,88,118)(H,89,119)(H,90,116)(H,91,121)(H,105,106)(H,107,108)(H,109,110)(H,123,124)(H2,85,92,125)/t44-,45+,46+,47+,48+,49-,50+,51-,54+,55+,56+,57+,65-,66-,67-,68-/m0/s1. The van der Waals surface area contributed by atoms with Gasteiger partial charge in [0.15, 0.2) is 5.78 Å². The SMILES string of the molecule is CC(C)(C)C(=O)CN1C(=O)[C@H](NC(=O)Nc2cccc(C(=O)NCCCCCCCC(=O)N[C@H](CCC(=O)O)C(=O)N[C@H](CCC(=O)NC[C@@H](O)[C@H](O)[C@@H](O)[C@H](O)CO)C(=O)N[C@H](CCC(=O)O)C(=O)N[C@H](CCC(=O)NC[C@@H](O)[C@H](O)[C@@H](O)[C@H](O)CO)C(=O)NC[C@H](N)C(=O)N[C@@H](CC(=O)O)C(=O)N[C@@H](CS)C(=O)O)c2)CN(C2CCCCC2)c2ccccc21. The van der Waals surface area contributed by atoms with Crippen LogP contribution in [0.1, 0.15) is 160 Å². The third-order valence-electron chi connectivity index (χ3n) is 20.6. The van der Waals surface area contributed by atoms with Crippen LogP contribution in [0, 0.1) is 5.41 Å². The fourth-order valence-electron chi connectivity index (χ4n) is 13.1. The summed E-state index contributed by atoms with van der Waals surface area (Å²) in [5.74, 6) is -19.0. The quantitative estimate of drug-likeness (QED) is 0.0216. The molecule has 1 heterocycles. The van der Waals surface area contributed by atoms with Crippen LogP contribution in [0.3, 0.4) is 0 Å². The molecule has 1 saturated carbocycles. The highest BCUT2D eigenvalue weighted by Gasteiger charge is 2.42. The zero-order chi connectivity index (χ0) is 94.2. The number of Topliss-reactive ketones (excluding diaryl/α,β-unsaturated/α-hetero) is 1. The maximum atomic E-state index is 14.6. The van der Waals surface area contributed by atoms with Gasteiger partial charge in [0.25, 0.3) is 11.8 Å². The number of thiol groups is 1. The molecule has 28 N–H and O–H groups in total. The molecule has 0 saturated heterocycles. The van der Waals surface area contributed by atoms with Crippen molar-refractivity contribution in [3.8, 4) is 0 Å². The Morgan fingerprint density at radius 2 is 0.960 bits per heavy atom. The number of nitrogens with one attached hydrogen (secondary N) is 12. The summed E-state index contributed by atoms with van der Waals surface area (Å²) in [5.41, 5.74) is 6.99. The van der Waals surface area contributed by atoms with E-state index in [4.69, 9.17) is 10.8 Å². The first-order valence-electron chi connectivity index (χ1n) is 41.1. The van der Waals surface area contributed by atoms with Gasteiger partial charge < -0.3 is 151 Å². The van der Waals surface area contributed by atoms with Crippen molar-refractivity contribution in [2.45, 2.75) is 252 Å². The summed E-state index contributed by atoms with van der Waals surface area (Å²) < 4.78 is 0. The highest BCUT2D eigenvalue weighted by Crippen LogP contribution is 2.38. The topological polar surface area (TPSA) is 750 Å². The van der Waals surface area contributed by atoms with Crippen molar-refractivity contribution in [1.29, 1.82) is 0 Å². The second-order valence-electron chi connectivity index (χ2n) is 31.6. The minimum absolute atomic E-state index is 0.0811. The lowest BCUT2D eigenvalue weighted by Gasteiger charge is -2.37. The third kappa shape index (κ3) is 37.0. The Morgan fingerprint density at radius 1 is 0.492 bits per heavy atom. The van der Waals surface area contributed by atoms with E-state index in [2.05, 4.69) is 70.7 Å². The molecular formula is C79H121N15O31S. The van der Waals surface area contributed by atoms with Crippen LogP contribution in [0.5, 0.6) is 0 Å². The van der Waals surface area contributed by atoms with Gasteiger partial charge in [-0.15, -0.1) is 0 Å². The zero-order valence-corrected chi connectivity index (χ0v) is 71.0. The molecule has 0 unspecified atom stereocenters. The normalized spacial score (nSPS) is 17.1. The molecule has 47 heteroatoms. The number of nitrogens with zero attached hydrogens (tertiary/aromatic N) is 2. The molecular weight excluding hydrogens is 1690 g/mol. The minimum Gasteiger partial charge on any atom is -0.481 e. The fraction of sp³-hybridized carbons (Fsp3) is 0.633. The molecule has 704 valence electrons. The Hall–Kier alpha value is -10.9. The highest BCUT2D eigenvalue weighted by molar-refractivity contribution is 7.80. The fourth-order valence-corrected chi connectivity index (χ4v) is 13.3. The first kappa shape index (κ1) is 107. The molecule has 16 atom stereocenters. The van der Waals surface area contributed by atoms with Crippen molar-refractivity contribution in [3.05, 3.63) is 54.1 Å². The van der Waals surface area contributed by atoms with Crippen molar-refractivity contribution in [2.24, 2.45) is 11.1 Å². The summed E-state index contributed by atoms with van der Waals surface area (Å²) in [6.45, 7) is 0.601. The first-order valence-corrected chi connectivity index (χ1v) is 41.7. The van der Waals surface area contributed by atoms with Crippen LogP contribution in [0.4, 0.5) is 21.9 Å². The summed E-state index contributed by atoms with van der Waals surface area (Å²) in [5, 5.41) is 166. The van der Waals surface area contributed by atoms with Crippen molar-refractivity contribution >= 4 is 130 Å². The van der Waals surface area contributed by atoms with Gasteiger partial charge in [-0.25, -0.2) is 9.59 Å². The number of urea groups is 1. The van der Waals surface area contributed by atoms with Gasteiger partial charge in [0.2, 0.25) is 53.2 Å². The number of nitrogens with two attached hydrogens (primary N) is 1. The number of aliphatic hydroxyl groups excluding tert-OH is 10. The number of amides is 13. The molecule has 0 spiro atoms. The number of aliphatic carboxylic acids is 4. The summed E-state index contributed by atoms with van der Waals surface area (Å²) in [6.07, 6.45) is -17.7. The molecule has 1 aliphatic heterocycles. The second-order valence-corrected chi connectivity index (χ2v) is 31.9. The number of rotatable bonds is 56. The lowest BCUT2D eigenvalue weighted by Crippen LogP contribution is -2.59. The van der Waals surface area contributed by atoms with Gasteiger partial charge in [-0.1, -0.05) is 77.5 Å². The Labute approximate surface area is 729 Å². The van der Waals surface area contributed by atoms with Gasteiger partial charge >= 0.3 is 29.9 Å². The van der Waals surface area contributed by atoms with Gasteiger partial charge in [0.1, 0.15) is 85.0 Å². The van der Waals surface area contributed by atoms with Crippen molar-refractivity contribution in [1.82, 2.24) is 58.5 Å². The molecule has 2 aromatic rings. The maximum Gasteiger partial charge on any atom is 0.327 e. The lowest BCUT2D eigenvalue weighted by atomic mass is 9.90. The Balaban J connectivity index is 1.50. The predicted molar refractivity (Wildman–Crippen MR) is 447 cm³/mol. The number of carbonyl (C=O) groups excluding carboxylic acids is 13.